The normalized spacial score (nSPS) is 25.1. The van der Waals surface area contributed by atoms with E-state index in [9.17, 15) is 24.1 Å². The number of anilines is 1. The van der Waals surface area contributed by atoms with Crippen LogP contribution in [-0.4, -0.2) is 28.6 Å². The van der Waals surface area contributed by atoms with E-state index in [2.05, 4.69) is 0 Å². The van der Waals surface area contributed by atoms with Crippen LogP contribution in [0.25, 0.3) is 0 Å². The maximum Gasteiger partial charge on any atom is 0.421 e. The minimum Gasteiger partial charge on any atom is -0.443 e. The molecule has 0 N–H and O–H groups in total. The Morgan fingerprint density at radius 1 is 1.17 bits per heavy atom. The molecule has 0 bridgehead atoms. The van der Waals surface area contributed by atoms with E-state index in [0.29, 0.717) is 11.1 Å². The molecule has 2 aromatic carbocycles. The number of rotatable bonds is 2. The molecular formula is C21H19FN2O5. The van der Waals surface area contributed by atoms with Crippen LogP contribution in [0.5, 0.6) is 0 Å². The predicted molar refractivity (Wildman–Crippen MR) is 102 cm³/mol. The van der Waals surface area contributed by atoms with Crippen LogP contribution in [0.15, 0.2) is 48.5 Å². The van der Waals surface area contributed by atoms with Crippen molar-refractivity contribution in [3.8, 4) is 0 Å². The number of nitrogens with zero attached hydrogens (tertiary/aromatic N) is 2. The molecule has 1 saturated carbocycles. The summed E-state index contributed by atoms with van der Waals surface area (Å²) in [5.74, 6) is -1.97. The van der Waals surface area contributed by atoms with E-state index in [0.717, 1.165) is 4.90 Å². The third kappa shape index (κ3) is 2.70. The lowest BCUT2D eigenvalue weighted by Gasteiger charge is -2.24. The minimum atomic E-state index is -1.52. The molecule has 4 rings (SSSR count). The molecule has 8 heteroatoms. The Labute approximate surface area is 166 Å². The van der Waals surface area contributed by atoms with E-state index in [-0.39, 0.29) is 5.69 Å². The van der Waals surface area contributed by atoms with E-state index in [1.807, 2.05) is 0 Å². The molecule has 2 amide bonds. The van der Waals surface area contributed by atoms with Crippen LogP contribution in [-0.2, 0) is 14.9 Å². The topological polar surface area (TPSA) is 89.8 Å². The van der Waals surface area contributed by atoms with Gasteiger partial charge in [0.2, 0.25) is 6.04 Å². The minimum absolute atomic E-state index is 0.281. The standard InChI is InChI=1S/C21H19FN2O5/c1-20(2,3)29-19(26)23-15-7-5-4-6-14(15)21(18(23)25)16(17(21)24(27)28)12-8-10-13(22)11-9-12/h4-11,16-17H,1-3H3/t16-,17+,21+/m0/s1. The highest BCUT2D eigenvalue weighted by Crippen LogP contribution is 2.67. The molecule has 1 aliphatic carbocycles. The average molecular weight is 398 g/mol. The van der Waals surface area contributed by atoms with Crippen LogP contribution in [0.4, 0.5) is 14.9 Å². The molecule has 0 saturated heterocycles. The van der Waals surface area contributed by atoms with Crippen molar-refractivity contribution in [2.24, 2.45) is 0 Å². The summed E-state index contributed by atoms with van der Waals surface area (Å²) in [5, 5.41) is 11.9. The van der Waals surface area contributed by atoms with Gasteiger partial charge in [-0.2, -0.15) is 0 Å². The Morgan fingerprint density at radius 2 is 1.79 bits per heavy atom. The number of hydrogen-bond acceptors (Lipinski definition) is 5. The van der Waals surface area contributed by atoms with Crippen molar-refractivity contribution in [1.82, 2.24) is 0 Å². The molecule has 1 spiro atoms. The molecule has 0 aromatic heterocycles. The van der Waals surface area contributed by atoms with Crippen LogP contribution < -0.4 is 4.90 Å². The van der Waals surface area contributed by atoms with Crippen molar-refractivity contribution < 1.29 is 23.6 Å². The van der Waals surface area contributed by atoms with Gasteiger partial charge in [0.05, 0.1) is 11.6 Å². The fraction of sp³-hybridized carbons (Fsp3) is 0.333. The highest BCUT2D eigenvalue weighted by molar-refractivity contribution is 6.23. The van der Waals surface area contributed by atoms with E-state index in [1.165, 1.54) is 24.3 Å². The van der Waals surface area contributed by atoms with Gasteiger partial charge in [0.15, 0.2) is 5.41 Å². The van der Waals surface area contributed by atoms with Gasteiger partial charge in [-0.05, 0) is 50.1 Å². The van der Waals surface area contributed by atoms with Crippen molar-refractivity contribution in [1.29, 1.82) is 0 Å². The third-order valence-electron chi connectivity index (χ3n) is 5.34. The second kappa shape index (κ2) is 6.10. The summed E-state index contributed by atoms with van der Waals surface area (Å²) in [5.41, 5.74) is -1.20. The van der Waals surface area contributed by atoms with E-state index < -0.39 is 45.7 Å². The van der Waals surface area contributed by atoms with Gasteiger partial charge in [0, 0.05) is 4.92 Å². The molecule has 150 valence electrons. The summed E-state index contributed by atoms with van der Waals surface area (Å²) >= 11 is 0. The summed E-state index contributed by atoms with van der Waals surface area (Å²) in [6.07, 6.45) is -0.876. The third-order valence-corrected chi connectivity index (χ3v) is 5.34. The number of carbonyl (C=O) groups excluding carboxylic acids is 2. The number of carbonyl (C=O) groups is 2. The lowest BCUT2D eigenvalue weighted by molar-refractivity contribution is -0.499. The number of para-hydroxylation sites is 1. The Kier molecular flexibility index (Phi) is 4.01. The maximum atomic E-state index is 13.5. The molecule has 1 fully saturated rings. The van der Waals surface area contributed by atoms with Crippen molar-refractivity contribution >= 4 is 17.7 Å². The van der Waals surface area contributed by atoms with E-state index in [1.54, 1.807) is 45.0 Å². The lowest BCUT2D eigenvalue weighted by atomic mass is 9.92. The fourth-order valence-electron chi connectivity index (χ4n) is 4.28. The molecule has 0 unspecified atom stereocenters. The van der Waals surface area contributed by atoms with Crippen LogP contribution in [0.1, 0.15) is 37.8 Å². The average Bonchev–Trinajstić information content (AvgIpc) is 3.25. The SMILES string of the molecule is CC(C)(C)OC(=O)N1C(=O)[C@]2(c3ccccc31)[C@@H](c1ccc(F)cc1)[C@H]2[N+](=O)[O-]. The molecule has 1 heterocycles. The summed E-state index contributed by atoms with van der Waals surface area (Å²) in [6.45, 7) is 5.02. The van der Waals surface area contributed by atoms with Gasteiger partial charge in [-0.25, -0.2) is 14.1 Å². The molecular weight excluding hydrogens is 379 g/mol. The first-order valence-corrected chi connectivity index (χ1v) is 9.15. The van der Waals surface area contributed by atoms with Gasteiger partial charge in [0.1, 0.15) is 11.4 Å². The molecule has 29 heavy (non-hydrogen) atoms. The Hall–Kier alpha value is -3.29. The molecule has 1 aliphatic heterocycles. The van der Waals surface area contributed by atoms with E-state index in [4.69, 9.17) is 4.74 Å². The summed E-state index contributed by atoms with van der Waals surface area (Å²) in [4.78, 5) is 38.5. The second-order valence-electron chi connectivity index (χ2n) is 8.27. The Morgan fingerprint density at radius 3 is 2.38 bits per heavy atom. The zero-order valence-corrected chi connectivity index (χ0v) is 16.1. The van der Waals surface area contributed by atoms with Crippen molar-refractivity contribution in [2.75, 3.05) is 4.90 Å². The van der Waals surface area contributed by atoms with Gasteiger partial charge >= 0.3 is 6.09 Å². The second-order valence-corrected chi connectivity index (χ2v) is 8.27. The quantitative estimate of drug-likeness (QED) is 0.567. The highest BCUT2D eigenvalue weighted by atomic mass is 19.1. The zero-order valence-electron chi connectivity index (χ0n) is 16.1. The largest absolute Gasteiger partial charge is 0.443 e. The van der Waals surface area contributed by atoms with Gasteiger partial charge in [-0.15, -0.1) is 0 Å². The Balaban J connectivity index is 1.85. The molecule has 2 aromatic rings. The number of fused-ring (bicyclic) bond motifs is 2. The summed E-state index contributed by atoms with van der Waals surface area (Å²) in [7, 11) is 0. The lowest BCUT2D eigenvalue weighted by Crippen LogP contribution is -2.42. The molecule has 7 nitrogen and oxygen atoms in total. The number of amides is 2. The summed E-state index contributed by atoms with van der Waals surface area (Å²) < 4.78 is 18.7. The van der Waals surface area contributed by atoms with Crippen molar-refractivity contribution in [2.45, 2.75) is 43.7 Å². The number of hydrogen-bond donors (Lipinski definition) is 0. The number of imide groups is 1. The maximum absolute atomic E-state index is 13.5. The summed E-state index contributed by atoms with van der Waals surface area (Å²) in [6, 6.07) is 10.6. The smallest absolute Gasteiger partial charge is 0.421 e. The predicted octanol–water partition coefficient (Wildman–Crippen LogP) is 3.79. The zero-order chi connectivity index (χ0) is 21.1. The van der Waals surface area contributed by atoms with Gasteiger partial charge < -0.3 is 4.74 Å². The molecule has 0 radical (unpaired) electrons. The van der Waals surface area contributed by atoms with Gasteiger partial charge in [0.25, 0.3) is 5.91 Å². The fourth-order valence-corrected chi connectivity index (χ4v) is 4.28. The van der Waals surface area contributed by atoms with Crippen LogP contribution >= 0.6 is 0 Å². The Bertz CT molecular complexity index is 1030. The molecule has 3 atom stereocenters. The number of nitro groups is 1. The number of benzene rings is 2. The molecule has 2 aliphatic rings. The van der Waals surface area contributed by atoms with E-state index >= 15 is 0 Å². The number of halogens is 1. The highest BCUT2D eigenvalue weighted by Gasteiger charge is 2.83. The van der Waals surface area contributed by atoms with Crippen LogP contribution in [0.3, 0.4) is 0 Å². The monoisotopic (exact) mass is 398 g/mol. The van der Waals surface area contributed by atoms with Crippen molar-refractivity contribution in [3.05, 3.63) is 75.6 Å². The first-order valence-electron chi connectivity index (χ1n) is 9.15. The number of ether oxygens (including phenoxy) is 1. The first-order chi connectivity index (χ1) is 13.6. The van der Waals surface area contributed by atoms with Crippen LogP contribution in [0, 0.1) is 15.9 Å². The van der Waals surface area contributed by atoms with Crippen molar-refractivity contribution in [3.63, 3.8) is 0 Å². The van der Waals surface area contributed by atoms with Gasteiger partial charge in [-0.3, -0.25) is 14.9 Å². The van der Waals surface area contributed by atoms with Crippen LogP contribution in [0.2, 0.25) is 0 Å². The van der Waals surface area contributed by atoms with Gasteiger partial charge in [-0.1, -0.05) is 30.3 Å². The first kappa shape index (κ1) is 19.0.